The van der Waals surface area contributed by atoms with Crippen molar-refractivity contribution in [2.75, 3.05) is 11.9 Å². The lowest BCUT2D eigenvalue weighted by Gasteiger charge is -2.38. The van der Waals surface area contributed by atoms with E-state index in [4.69, 9.17) is 4.74 Å². The second-order valence-electron chi connectivity index (χ2n) is 7.93. The van der Waals surface area contributed by atoms with E-state index in [-0.39, 0.29) is 36.5 Å². The molecule has 2 N–H and O–H groups in total. The molecule has 1 saturated carbocycles. The zero-order valence-electron chi connectivity index (χ0n) is 16.7. The molecule has 29 heavy (non-hydrogen) atoms. The first kappa shape index (κ1) is 19.4. The number of nitrogens with zero attached hydrogens (tertiary/aromatic N) is 4. The van der Waals surface area contributed by atoms with Crippen LogP contribution in [0.15, 0.2) is 18.5 Å². The normalized spacial score (nSPS) is 23.5. The van der Waals surface area contributed by atoms with Crippen LogP contribution in [0.4, 0.5) is 10.6 Å². The minimum Gasteiger partial charge on any atom is -0.446 e. The molecular formula is C20H26N6O3. The fraction of sp³-hybridized carbons (Fsp3) is 0.550. The van der Waals surface area contributed by atoms with Gasteiger partial charge < -0.3 is 15.0 Å². The average molecular weight is 398 g/mol. The molecule has 1 saturated heterocycles. The summed E-state index contributed by atoms with van der Waals surface area (Å²) in [5, 5.41) is 9.99. The van der Waals surface area contributed by atoms with Gasteiger partial charge in [0, 0.05) is 42.7 Å². The summed E-state index contributed by atoms with van der Waals surface area (Å²) in [7, 11) is 0. The Bertz CT molecular complexity index is 881. The van der Waals surface area contributed by atoms with Gasteiger partial charge in [0.25, 0.3) is 0 Å². The summed E-state index contributed by atoms with van der Waals surface area (Å²) in [6.45, 7) is 4.67. The average Bonchev–Trinajstić information content (AvgIpc) is 3.31. The van der Waals surface area contributed by atoms with Crippen LogP contribution >= 0.6 is 0 Å². The van der Waals surface area contributed by atoms with E-state index in [9.17, 15) is 9.59 Å². The zero-order chi connectivity index (χ0) is 20.4. The number of rotatable bonds is 5. The van der Waals surface area contributed by atoms with Gasteiger partial charge in [-0.1, -0.05) is 0 Å². The molecule has 2 amide bonds. The molecule has 9 heteroatoms. The van der Waals surface area contributed by atoms with Gasteiger partial charge in [0.05, 0.1) is 17.8 Å². The highest BCUT2D eigenvalue weighted by Crippen LogP contribution is 2.36. The van der Waals surface area contributed by atoms with Crippen molar-refractivity contribution in [3.05, 3.63) is 35.5 Å². The molecule has 0 radical (unpaired) electrons. The highest BCUT2D eigenvalue weighted by molar-refractivity contribution is 5.91. The molecule has 4 rings (SSSR count). The maximum Gasteiger partial charge on any atom is 0.410 e. The molecule has 1 aliphatic heterocycles. The van der Waals surface area contributed by atoms with Gasteiger partial charge in [-0.3, -0.25) is 19.9 Å². The highest BCUT2D eigenvalue weighted by atomic mass is 16.6. The van der Waals surface area contributed by atoms with Gasteiger partial charge in [0.2, 0.25) is 5.91 Å². The number of aromatic nitrogens is 4. The third-order valence-electron chi connectivity index (χ3n) is 5.69. The maximum absolute atomic E-state index is 12.2. The summed E-state index contributed by atoms with van der Waals surface area (Å²) >= 11 is 0. The van der Waals surface area contributed by atoms with Crippen molar-refractivity contribution in [1.29, 1.82) is 0 Å². The van der Waals surface area contributed by atoms with Crippen molar-refractivity contribution in [3.8, 4) is 0 Å². The number of hydrogen-bond acceptors (Lipinski definition) is 6. The number of carbonyl (C=O) groups excluding carboxylic acids is 2. The number of amides is 2. The van der Waals surface area contributed by atoms with Crippen LogP contribution in [0.25, 0.3) is 0 Å². The summed E-state index contributed by atoms with van der Waals surface area (Å²) in [5.41, 5.74) is 2.37. The van der Waals surface area contributed by atoms with Crippen LogP contribution in [0.2, 0.25) is 0 Å². The van der Waals surface area contributed by atoms with Crippen molar-refractivity contribution in [3.63, 3.8) is 0 Å². The van der Waals surface area contributed by atoms with Gasteiger partial charge in [-0.05, 0) is 39.5 Å². The molecule has 2 aliphatic rings. The fourth-order valence-electron chi connectivity index (χ4n) is 3.80. The van der Waals surface area contributed by atoms with Crippen molar-refractivity contribution in [2.24, 2.45) is 0 Å². The number of H-pyrrole nitrogens is 1. The molecule has 0 bridgehead atoms. The summed E-state index contributed by atoms with van der Waals surface area (Å²) in [5.74, 6) is 0.533. The summed E-state index contributed by atoms with van der Waals surface area (Å²) < 4.78 is 5.65. The summed E-state index contributed by atoms with van der Waals surface area (Å²) in [4.78, 5) is 34.5. The highest BCUT2D eigenvalue weighted by Gasteiger charge is 2.34. The molecular weight excluding hydrogens is 372 g/mol. The molecule has 0 spiro atoms. The number of hydrogen-bond donors (Lipinski definition) is 2. The number of likely N-dealkylation sites (tertiary alicyclic amines) is 1. The second-order valence-corrected chi connectivity index (χ2v) is 7.93. The van der Waals surface area contributed by atoms with E-state index in [0.29, 0.717) is 11.5 Å². The monoisotopic (exact) mass is 398 g/mol. The smallest absolute Gasteiger partial charge is 0.410 e. The maximum atomic E-state index is 12.2. The first-order valence-corrected chi connectivity index (χ1v) is 10.1. The Hall–Kier alpha value is -2.97. The number of nitrogens with one attached hydrogen (secondary N) is 2. The number of anilines is 1. The van der Waals surface area contributed by atoms with Crippen LogP contribution in [0, 0.1) is 6.92 Å². The number of aryl methyl sites for hydroxylation is 1. The van der Waals surface area contributed by atoms with Crippen molar-refractivity contribution in [2.45, 2.75) is 64.0 Å². The van der Waals surface area contributed by atoms with E-state index in [0.717, 1.165) is 43.6 Å². The molecule has 2 aromatic rings. The third kappa shape index (κ3) is 4.55. The van der Waals surface area contributed by atoms with Crippen LogP contribution in [-0.2, 0) is 16.0 Å². The molecule has 2 fully saturated rings. The minimum atomic E-state index is -0.203. The van der Waals surface area contributed by atoms with Crippen LogP contribution in [0.1, 0.15) is 55.6 Å². The Kier molecular flexibility index (Phi) is 5.46. The number of aromatic amines is 1. The van der Waals surface area contributed by atoms with E-state index >= 15 is 0 Å². The molecule has 0 aromatic carbocycles. The minimum absolute atomic E-state index is 0.0678. The predicted molar refractivity (Wildman–Crippen MR) is 105 cm³/mol. The molecule has 154 valence electrons. The van der Waals surface area contributed by atoms with Crippen LogP contribution in [0.5, 0.6) is 0 Å². The van der Waals surface area contributed by atoms with Gasteiger partial charge in [-0.2, -0.15) is 5.10 Å². The van der Waals surface area contributed by atoms with E-state index in [1.807, 2.05) is 19.9 Å². The van der Waals surface area contributed by atoms with Crippen molar-refractivity contribution < 1.29 is 14.3 Å². The van der Waals surface area contributed by atoms with Crippen molar-refractivity contribution in [1.82, 2.24) is 25.1 Å². The van der Waals surface area contributed by atoms with Gasteiger partial charge in [-0.25, -0.2) is 4.79 Å². The van der Waals surface area contributed by atoms with E-state index in [1.165, 1.54) is 0 Å². The lowest BCUT2D eigenvalue weighted by Crippen LogP contribution is -2.50. The Labute approximate surface area is 169 Å². The van der Waals surface area contributed by atoms with Crippen LogP contribution in [0.3, 0.4) is 0 Å². The topological polar surface area (TPSA) is 113 Å². The third-order valence-corrected chi connectivity index (χ3v) is 5.69. The Balaban J connectivity index is 1.27. The summed E-state index contributed by atoms with van der Waals surface area (Å²) in [6.07, 6.45) is 6.68. The second kappa shape index (κ2) is 8.18. The molecule has 1 aliphatic carbocycles. The molecule has 3 atom stereocenters. The van der Waals surface area contributed by atoms with Gasteiger partial charge in [0.1, 0.15) is 6.10 Å². The number of carbonyl (C=O) groups is 2. The predicted octanol–water partition coefficient (Wildman–Crippen LogP) is 2.56. The quantitative estimate of drug-likeness (QED) is 0.800. The van der Waals surface area contributed by atoms with Crippen molar-refractivity contribution >= 4 is 17.8 Å². The van der Waals surface area contributed by atoms with E-state index in [2.05, 4.69) is 25.5 Å². The first-order valence-electron chi connectivity index (χ1n) is 10.1. The van der Waals surface area contributed by atoms with Gasteiger partial charge in [-0.15, -0.1) is 0 Å². The number of ether oxygens (including phenoxy) is 1. The Morgan fingerprint density at radius 2 is 2.14 bits per heavy atom. The SMILES string of the molecule is Cc1cnc(CC(=O)Nc2cc([C@H]3CCC(OC(=O)N4CC[C@@H]4C)C3)[nH]n2)cn1. The molecule has 1 unspecified atom stereocenters. The standard InChI is InChI=1S/C20H26N6O3/c1-12-10-22-15(11-21-12)8-19(27)23-18-9-17(24-25-18)14-3-4-16(7-14)29-20(28)26-6-5-13(26)2/h9-11,13-14,16H,3-8H2,1-2H3,(H2,23,24,25,27)/t13-,14-,16?/m0/s1. The van der Waals surface area contributed by atoms with Crippen LogP contribution < -0.4 is 5.32 Å². The lowest BCUT2D eigenvalue weighted by molar-refractivity contribution is -0.115. The first-order chi connectivity index (χ1) is 14.0. The molecule has 3 heterocycles. The zero-order valence-corrected chi connectivity index (χ0v) is 16.7. The Morgan fingerprint density at radius 3 is 2.83 bits per heavy atom. The molecule has 2 aromatic heterocycles. The molecule has 9 nitrogen and oxygen atoms in total. The largest absolute Gasteiger partial charge is 0.446 e. The van der Waals surface area contributed by atoms with Gasteiger partial charge >= 0.3 is 6.09 Å². The van der Waals surface area contributed by atoms with E-state index < -0.39 is 0 Å². The lowest BCUT2D eigenvalue weighted by atomic mass is 10.0. The van der Waals surface area contributed by atoms with E-state index in [1.54, 1.807) is 17.3 Å². The fourth-order valence-corrected chi connectivity index (χ4v) is 3.80. The van der Waals surface area contributed by atoms with Crippen LogP contribution in [-0.4, -0.2) is 55.8 Å². The van der Waals surface area contributed by atoms with Gasteiger partial charge in [0.15, 0.2) is 5.82 Å². The summed E-state index contributed by atoms with van der Waals surface area (Å²) in [6, 6.07) is 2.13. The Morgan fingerprint density at radius 1 is 1.28 bits per heavy atom.